The Balaban J connectivity index is 1.54. The number of nitrogens with zero attached hydrogens (tertiary/aromatic N) is 3. The van der Waals surface area contributed by atoms with Crippen LogP contribution in [-0.4, -0.2) is 34.7 Å². The van der Waals surface area contributed by atoms with Crippen molar-refractivity contribution in [2.45, 2.75) is 19.8 Å². The van der Waals surface area contributed by atoms with Gasteiger partial charge in [0.2, 0.25) is 5.91 Å². The summed E-state index contributed by atoms with van der Waals surface area (Å²) in [7, 11) is 0. The molecule has 1 aliphatic rings. The van der Waals surface area contributed by atoms with E-state index in [9.17, 15) is 9.59 Å². The van der Waals surface area contributed by atoms with E-state index in [1.165, 1.54) is 6.92 Å². The molecule has 6 heteroatoms. The Morgan fingerprint density at radius 2 is 1.83 bits per heavy atom. The molecule has 1 N–H and O–H groups in total. The third kappa shape index (κ3) is 3.76. The highest BCUT2D eigenvalue weighted by Crippen LogP contribution is 2.22. The summed E-state index contributed by atoms with van der Waals surface area (Å²) in [5.74, 6) is 0.898. The predicted octanol–water partition coefficient (Wildman–Crippen LogP) is 2.53. The minimum atomic E-state index is -0.00888. The molecule has 2 heterocycles. The Morgan fingerprint density at radius 1 is 1.12 bits per heavy atom. The Labute approximate surface area is 140 Å². The van der Waals surface area contributed by atoms with E-state index in [0.29, 0.717) is 5.56 Å². The second-order valence-electron chi connectivity index (χ2n) is 5.95. The van der Waals surface area contributed by atoms with E-state index < -0.39 is 0 Å². The minimum absolute atomic E-state index is 0.00888. The van der Waals surface area contributed by atoms with Crippen molar-refractivity contribution in [1.29, 1.82) is 0 Å². The van der Waals surface area contributed by atoms with Gasteiger partial charge in [0.1, 0.15) is 5.82 Å². The highest BCUT2D eigenvalue weighted by molar-refractivity contribution is 5.96. The van der Waals surface area contributed by atoms with Gasteiger partial charge in [-0.05, 0) is 44.0 Å². The maximum atomic E-state index is 12.4. The average molecular weight is 324 g/mol. The molecule has 124 valence electrons. The zero-order valence-corrected chi connectivity index (χ0v) is 13.6. The average Bonchev–Trinajstić information content (AvgIpc) is 2.63. The summed E-state index contributed by atoms with van der Waals surface area (Å²) in [5, 5.41) is 2.94. The van der Waals surface area contributed by atoms with E-state index in [4.69, 9.17) is 0 Å². The van der Waals surface area contributed by atoms with Gasteiger partial charge in [0, 0.05) is 42.7 Å². The third-order valence-electron chi connectivity index (χ3n) is 4.30. The fourth-order valence-corrected chi connectivity index (χ4v) is 2.86. The van der Waals surface area contributed by atoms with E-state index in [1.807, 2.05) is 0 Å². The predicted molar refractivity (Wildman–Crippen MR) is 92.0 cm³/mol. The first kappa shape index (κ1) is 16.1. The molecule has 3 rings (SSSR count). The molecule has 6 nitrogen and oxygen atoms in total. The number of carbonyl (C=O) groups is 2. The van der Waals surface area contributed by atoms with Crippen molar-refractivity contribution >= 4 is 23.2 Å². The van der Waals surface area contributed by atoms with Gasteiger partial charge in [-0.15, -0.1) is 0 Å². The molecule has 0 spiro atoms. The standard InChI is InChI=1S/C18H20N4O2/c1-13(23)14-2-4-16(5-3-14)21-18(24)15-6-10-22(11-7-15)17-12-19-8-9-20-17/h2-5,8-9,12,15H,6-7,10-11H2,1H3,(H,21,24). The molecule has 24 heavy (non-hydrogen) atoms. The first-order valence-corrected chi connectivity index (χ1v) is 8.06. The Hall–Kier alpha value is -2.76. The Kier molecular flexibility index (Phi) is 4.84. The largest absolute Gasteiger partial charge is 0.355 e. The van der Waals surface area contributed by atoms with Gasteiger partial charge in [0.05, 0.1) is 6.20 Å². The van der Waals surface area contributed by atoms with Gasteiger partial charge in [-0.2, -0.15) is 0 Å². The molecule has 0 unspecified atom stereocenters. The summed E-state index contributed by atoms with van der Waals surface area (Å²) in [6.45, 7) is 3.11. The third-order valence-corrected chi connectivity index (χ3v) is 4.30. The molecule has 1 aromatic heterocycles. The van der Waals surface area contributed by atoms with Crippen LogP contribution in [-0.2, 0) is 4.79 Å². The molecule has 0 bridgehead atoms. The number of rotatable bonds is 4. The van der Waals surface area contributed by atoms with E-state index in [0.717, 1.165) is 37.4 Å². The first-order valence-electron chi connectivity index (χ1n) is 8.06. The summed E-state index contributed by atoms with van der Waals surface area (Å²) in [6, 6.07) is 7.00. The maximum absolute atomic E-state index is 12.4. The smallest absolute Gasteiger partial charge is 0.227 e. The zero-order valence-electron chi connectivity index (χ0n) is 13.6. The number of carbonyl (C=O) groups excluding carboxylic acids is 2. The van der Waals surface area contributed by atoms with Gasteiger partial charge in [0.15, 0.2) is 5.78 Å². The fourth-order valence-electron chi connectivity index (χ4n) is 2.86. The van der Waals surface area contributed by atoms with Crippen molar-refractivity contribution < 1.29 is 9.59 Å². The van der Waals surface area contributed by atoms with Crippen LogP contribution in [0.1, 0.15) is 30.1 Å². The quantitative estimate of drug-likeness (QED) is 0.875. The van der Waals surface area contributed by atoms with Crippen molar-refractivity contribution in [1.82, 2.24) is 9.97 Å². The number of ketones is 1. The van der Waals surface area contributed by atoms with Gasteiger partial charge < -0.3 is 10.2 Å². The molecule has 1 amide bonds. The highest BCUT2D eigenvalue weighted by Gasteiger charge is 2.25. The molecule has 2 aromatic rings. The lowest BCUT2D eigenvalue weighted by atomic mass is 9.96. The van der Waals surface area contributed by atoms with Crippen LogP contribution < -0.4 is 10.2 Å². The van der Waals surface area contributed by atoms with Crippen molar-refractivity contribution in [2.24, 2.45) is 5.92 Å². The van der Waals surface area contributed by atoms with Crippen LogP contribution in [0.15, 0.2) is 42.9 Å². The Morgan fingerprint density at radius 3 is 2.42 bits per heavy atom. The number of amides is 1. The lowest BCUT2D eigenvalue weighted by molar-refractivity contribution is -0.120. The second-order valence-corrected chi connectivity index (χ2v) is 5.95. The van der Waals surface area contributed by atoms with Gasteiger partial charge in [-0.1, -0.05) is 0 Å². The number of aromatic nitrogens is 2. The summed E-state index contributed by atoms with van der Waals surface area (Å²) in [5.41, 5.74) is 1.37. The van der Waals surface area contributed by atoms with Gasteiger partial charge >= 0.3 is 0 Å². The number of nitrogens with one attached hydrogen (secondary N) is 1. The van der Waals surface area contributed by atoms with Crippen LogP contribution in [0.5, 0.6) is 0 Å². The number of hydrogen-bond donors (Lipinski definition) is 1. The molecule has 1 fully saturated rings. The molecular formula is C18H20N4O2. The van der Waals surface area contributed by atoms with Gasteiger partial charge in [0.25, 0.3) is 0 Å². The molecule has 0 aliphatic carbocycles. The Bertz CT molecular complexity index is 708. The van der Waals surface area contributed by atoms with Crippen molar-refractivity contribution in [3.8, 4) is 0 Å². The SMILES string of the molecule is CC(=O)c1ccc(NC(=O)C2CCN(c3cnccn3)CC2)cc1. The number of hydrogen-bond acceptors (Lipinski definition) is 5. The van der Waals surface area contributed by atoms with Crippen LogP contribution in [0.2, 0.25) is 0 Å². The molecule has 0 radical (unpaired) electrons. The summed E-state index contributed by atoms with van der Waals surface area (Å²) in [4.78, 5) is 34.2. The molecule has 1 aromatic carbocycles. The number of benzene rings is 1. The van der Waals surface area contributed by atoms with Crippen LogP contribution in [0, 0.1) is 5.92 Å². The van der Waals surface area contributed by atoms with Crippen LogP contribution in [0.25, 0.3) is 0 Å². The van der Waals surface area contributed by atoms with Crippen LogP contribution in [0.3, 0.4) is 0 Å². The van der Waals surface area contributed by atoms with Crippen molar-refractivity contribution in [3.63, 3.8) is 0 Å². The monoisotopic (exact) mass is 324 g/mol. The molecule has 0 atom stereocenters. The van der Waals surface area contributed by atoms with Crippen LogP contribution in [0.4, 0.5) is 11.5 Å². The normalized spacial score (nSPS) is 15.1. The summed E-state index contributed by atoms with van der Waals surface area (Å²) in [6.07, 6.45) is 6.65. The van der Waals surface area contributed by atoms with Crippen molar-refractivity contribution in [2.75, 3.05) is 23.3 Å². The van der Waals surface area contributed by atoms with E-state index in [2.05, 4.69) is 20.2 Å². The summed E-state index contributed by atoms with van der Waals surface area (Å²) >= 11 is 0. The summed E-state index contributed by atoms with van der Waals surface area (Å²) < 4.78 is 0. The minimum Gasteiger partial charge on any atom is -0.355 e. The van der Waals surface area contributed by atoms with E-state index in [-0.39, 0.29) is 17.6 Å². The molecule has 0 saturated carbocycles. The maximum Gasteiger partial charge on any atom is 0.227 e. The fraction of sp³-hybridized carbons (Fsp3) is 0.333. The second kappa shape index (κ2) is 7.21. The van der Waals surface area contributed by atoms with Gasteiger partial charge in [-0.25, -0.2) is 4.98 Å². The number of Topliss-reactive ketones (excluding diaryl/α,β-unsaturated/α-hetero) is 1. The van der Waals surface area contributed by atoms with Crippen molar-refractivity contribution in [3.05, 3.63) is 48.4 Å². The first-order chi connectivity index (χ1) is 11.6. The van der Waals surface area contributed by atoms with Crippen LogP contribution >= 0.6 is 0 Å². The molecule has 1 aliphatic heterocycles. The molecule has 1 saturated heterocycles. The number of anilines is 2. The van der Waals surface area contributed by atoms with Gasteiger partial charge in [-0.3, -0.25) is 14.6 Å². The highest BCUT2D eigenvalue weighted by atomic mass is 16.2. The van der Waals surface area contributed by atoms with E-state index >= 15 is 0 Å². The number of piperidine rings is 1. The topological polar surface area (TPSA) is 75.2 Å². The lowest BCUT2D eigenvalue weighted by Gasteiger charge is -2.31. The molecular weight excluding hydrogens is 304 g/mol. The lowest BCUT2D eigenvalue weighted by Crippen LogP contribution is -2.38. The van der Waals surface area contributed by atoms with E-state index in [1.54, 1.807) is 42.9 Å². The zero-order chi connectivity index (χ0) is 16.9.